The predicted molar refractivity (Wildman–Crippen MR) is 121 cm³/mol. The number of fused-ring (bicyclic) bond motifs is 1. The first-order valence-electron chi connectivity index (χ1n) is 10.1. The summed E-state index contributed by atoms with van der Waals surface area (Å²) in [6.45, 7) is 4.01. The monoisotopic (exact) mass is 412 g/mol. The van der Waals surface area contributed by atoms with Crippen LogP contribution in [0.1, 0.15) is 28.5 Å². The van der Waals surface area contributed by atoms with Gasteiger partial charge in [-0.3, -0.25) is 9.78 Å². The highest BCUT2D eigenvalue weighted by Crippen LogP contribution is 2.27. The van der Waals surface area contributed by atoms with E-state index in [2.05, 4.69) is 15.0 Å². The molecule has 156 valence electrons. The summed E-state index contributed by atoms with van der Waals surface area (Å²) in [4.78, 5) is 32.6. The van der Waals surface area contributed by atoms with Gasteiger partial charge in [-0.05, 0) is 37.6 Å². The van der Waals surface area contributed by atoms with Crippen LogP contribution in [0.4, 0.5) is 5.95 Å². The summed E-state index contributed by atoms with van der Waals surface area (Å²) in [7, 11) is 1.82. The van der Waals surface area contributed by atoms with Crippen molar-refractivity contribution in [1.82, 2.24) is 24.8 Å². The van der Waals surface area contributed by atoms with Gasteiger partial charge in [-0.15, -0.1) is 0 Å². The van der Waals surface area contributed by atoms with Crippen LogP contribution in [0.15, 0.2) is 61.1 Å². The van der Waals surface area contributed by atoms with Crippen molar-refractivity contribution < 1.29 is 4.79 Å². The van der Waals surface area contributed by atoms with Crippen molar-refractivity contribution in [3.8, 4) is 11.3 Å². The molecule has 4 aromatic rings. The second kappa shape index (κ2) is 8.47. The fraction of sp³-hybridized carbons (Fsp3) is 0.208. The van der Waals surface area contributed by atoms with E-state index in [9.17, 15) is 4.79 Å². The predicted octanol–water partition coefficient (Wildman–Crippen LogP) is 3.68. The molecule has 4 rings (SSSR count). The van der Waals surface area contributed by atoms with Gasteiger partial charge in [-0.25, -0.2) is 15.0 Å². The van der Waals surface area contributed by atoms with Crippen molar-refractivity contribution in [2.45, 2.75) is 26.3 Å². The number of nitrogens with zero attached hydrogens (tertiary/aromatic N) is 5. The lowest BCUT2D eigenvalue weighted by Gasteiger charge is -2.25. The molecule has 0 saturated heterocycles. The minimum absolute atomic E-state index is 0.0290. The summed E-state index contributed by atoms with van der Waals surface area (Å²) >= 11 is 0. The van der Waals surface area contributed by atoms with Gasteiger partial charge < -0.3 is 10.6 Å². The number of nitrogen functional groups attached to an aromatic ring is 1. The smallest absolute Gasteiger partial charge is 0.254 e. The molecule has 7 nitrogen and oxygen atoms in total. The molecule has 1 atom stereocenters. The number of aromatic nitrogens is 4. The average molecular weight is 412 g/mol. The third kappa shape index (κ3) is 4.21. The number of carbonyl (C=O) groups is 1. The van der Waals surface area contributed by atoms with Gasteiger partial charge in [0.1, 0.15) is 0 Å². The SMILES string of the molecule is Cc1cccc2c(C(=O)N(C)C(C)Cc3ccccn3)cc(-c3cnc(N)nc3)nc12. The topological polar surface area (TPSA) is 97.9 Å². The van der Waals surface area contributed by atoms with Crippen LogP contribution < -0.4 is 5.73 Å². The number of rotatable bonds is 5. The zero-order valence-corrected chi connectivity index (χ0v) is 17.8. The van der Waals surface area contributed by atoms with Crippen LogP contribution in [0.5, 0.6) is 0 Å². The first-order chi connectivity index (χ1) is 14.9. The lowest BCUT2D eigenvalue weighted by Crippen LogP contribution is -2.36. The number of nitrogens with two attached hydrogens (primary N) is 1. The Morgan fingerprint density at radius 3 is 2.58 bits per heavy atom. The molecule has 1 unspecified atom stereocenters. The van der Waals surface area contributed by atoms with Crippen molar-refractivity contribution in [1.29, 1.82) is 0 Å². The third-order valence-corrected chi connectivity index (χ3v) is 5.45. The molecule has 7 heteroatoms. The zero-order chi connectivity index (χ0) is 22.0. The van der Waals surface area contributed by atoms with Gasteiger partial charge in [0.2, 0.25) is 5.95 Å². The molecule has 0 aliphatic rings. The van der Waals surface area contributed by atoms with Crippen LogP contribution in [0, 0.1) is 6.92 Å². The van der Waals surface area contributed by atoms with Crippen LogP contribution in [0.2, 0.25) is 0 Å². The number of hydrogen-bond donors (Lipinski definition) is 1. The maximum Gasteiger partial charge on any atom is 0.254 e. The molecule has 0 spiro atoms. The van der Waals surface area contributed by atoms with Gasteiger partial charge >= 0.3 is 0 Å². The second-order valence-electron chi connectivity index (χ2n) is 7.65. The van der Waals surface area contributed by atoms with Crippen LogP contribution in [0.3, 0.4) is 0 Å². The van der Waals surface area contributed by atoms with E-state index in [1.54, 1.807) is 23.5 Å². The first kappa shape index (κ1) is 20.4. The summed E-state index contributed by atoms with van der Waals surface area (Å²) in [6, 6.07) is 13.5. The van der Waals surface area contributed by atoms with Gasteiger partial charge in [0.25, 0.3) is 5.91 Å². The fourth-order valence-electron chi connectivity index (χ4n) is 3.54. The number of para-hydroxylation sites is 1. The van der Waals surface area contributed by atoms with E-state index in [0.29, 0.717) is 23.2 Å². The van der Waals surface area contributed by atoms with Gasteiger partial charge in [0.15, 0.2) is 0 Å². The molecule has 0 aliphatic heterocycles. The van der Waals surface area contributed by atoms with E-state index in [4.69, 9.17) is 10.7 Å². The van der Waals surface area contributed by atoms with Gasteiger partial charge in [-0.2, -0.15) is 0 Å². The Morgan fingerprint density at radius 2 is 1.87 bits per heavy atom. The number of aryl methyl sites for hydroxylation is 1. The number of carbonyl (C=O) groups excluding carboxylic acids is 1. The summed E-state index contributed by atoms with van der Waals surface area (Å²) in [5.41, 5.74) is 10.3. The highest BCUT2D eigenvalue weighted by atomic mass is 16.2. The number of benzene rings is 1. The van der Waals surface area contributed by atoms with E-state index in [1.165, 1.54) is 0 Å². The van der Waals surface area contributed by atoms with Crippen LogP contribution in [-0.4, -0.2) is 43.8 Å². The van der Waals surface area contributed by atoms with Crippen molar-refractivity contribution >= 4 is 22.8 Å². The normalized spacial score (nSPS) is 12.0. The standard InChI is InChI=1S/C24H24N6O/c1-15-7-6-9-19-20(12-21(29-22(15)19)17-13-27-24(25)28-14-17)23(31)30(3)16(2)11-18-8-4-5-10-26-18/h4-10,12-14,16H,11H2,1-3H3,(H2,25,27,28). The summed E-state index contributed by atoms with van der Waals surface area (Å²) in [6.07, 6.45) is 5.68. The Labute approximate surface area is 181 Å². The lowest BCUT2D eigenvalue weighted by molar-refractivity contribution is 0.0745. The Bertz CT molecular complexity index is 1220. The van der Waals surface area contributed by atoms with E-state index < -0.39 is 0 Å². The van der Waals surface area contributed by atoms with Gasteiger partial charge in [0.05, 0.1) is 16.8 Å². The molecule has 0 radical (unpaired) electrons. The van der Waals surface area contributed by atoms with E-state index in [0.717, 1.165) is 22.2 Å². The van der Waals surface area contributed by atoms with E-state index >= 15 is 0 Å². The molecular formula is C24H24N6O. The molecule has 1 aromatic carbocycles. The molecule has 3 heterocycles. The van der Waals surface area contributed by atoms with Gasteiger partial charge in [-0.1, -0.05) is 24.3 Å². The Balaban J connectivity index is 1.75. The van der Waals surface area contributed by atoms with Gasteiger partial charge in [0, 0.05) is 54.7 Å². The lowest BCUT2D eigenvalue weighted by atomic mass is 10.0. The number of amides is 1. The highest BCUT2D eigenvalue weighted by Gasteiger charge is 2.22. The Hall–Kier alpha value is -3.87. The quantitative estimate of drug-likeness (QED) is 0.537. The number of hydrogen-bond acceptors (Lipinski definition) is 6. The van der Waals surface area contributed by atoms with Crippen molar-refractivity contribution in [2.24, 2.45) is 0 Å². The number of anilines is 1. The molecule has 0 saturated carbocycles. The molecule has 3 aromatic heterocycles. The van der Waals surface area contributed by atoms with Crippen molar-refractivity contribution in [2.75, 3.05) is 12.8 Å². The van der Waals surface area contributed by atoms with Crippen LogP contribution >= 0.6 is 0 Å². The van der Waals surface area contributed by atoms with E-state index in [1.807, 2.05) is 63.4 Å². The van der Waals surface area contributed by atoms with E-state index in [-0.39, 0.29) is 17.9 Å². The summed E-state index contributed by atoms with van der Waals surface area (Å²) in [5, 5.41) is 0.821. The molecule has 0 aliphatic carbocycles. The van der Waals surface area contributed by atoms with Crippen molar-refractivity contribution in [3.63, 3.8) is 0 Å². The zero-order valence-electron chi connectivity index (χ0n) is 17.8. The first-order valence-corrected chi connectivity index (χ1v) is 10.1. The van der Waals surface area contributed by atoms with Crippen molar-refractivity contribution in [3.05, 3.63) is 77.9 Å². The molecule has 0 bridgehead atoms. The summed E-state index contributed by atoms with van der Waals surface area (Å²) < 4.78 is 0. The molecule has 2 N–H and O–H groups in total. The minimum Gasteiger partial charge on any atom is -0.368 e. The highest BCUT2D eigenvalue weighted by molar-refractivity contribution is 6.07. The Morgan fingerprint density at radius 1 is 1.10 bits per heavy atom. The molecule has 0 fully saturated rings. The average Bonchev–Trinajstić information content (AvgIpc) is 2.79. The second-order valence-corrected chi connectivity index (χ2v) is 7.65. The minimum atomic E-state index is -0.0703. The molecule has 31 heavy (non-hydrogen) atoms. The number of likely N-dealkylation sites (N-methyl/N-ethyl adjacent to an activating group) is 1. The van der Waals surface area contributed by atoms with Crippen LogP contribution in [0.25, 0.3) is 22.2 Å². The third-order valence-electron chi connectivity index (χ3n) is 5.45. The molecule has 1 amide bonds. The largest absolute Gasteiger partial charge is 0.368 e. The fourth-order valence-corrected chi connectivity index (χ4v) is 3.54. The van der Waals surface area contributed by atoms with Crippen LogP contribution in [-0.2, 0) is 6.42 Å². The maximum absolute atomic E-state index is 13.6. The molecular weight excluding hydrogens is 388 g/mol. The number of pyridine rings is 2. The summed E-state index contributed by atoms with van der Waals surface area (Å²) in [5.74, 6) is 0.124. The maximum atomic E-state index is 13.6. The Kier molecular flexibility index (Phi) is 5.58.